The van der Waals surface area contributed by atoms with Gasteiger partial charge in [-0.2, -0.15) is 0 Å². The predicted molar refractivity (Wildman–Crippen MR) is 117 cm³/mol. The molecule has 4 rings (SSSR count). The van der Waals surface area contributed by atoms with Crippen molar-refractivity contribution in [3.8, 4) is 0 Å². The number of hydrogen-bond acceptors (Lipinski definition) is 4. The molecule has 2 aromatic carbocycles. The van der Waals surface area contributed by atoms with Crippen LogP contribution in [0.25, 0.3) is 11.0 Å². The van der Waals surface area contributed by atoms with Crippen LogP contribution in [0.3, 0.4) is 0 Å². The van der Waals surface area contributed by atoms with E-state index in [0.717, 1.165) is 17.5 Å². The second-order valence-corrected chi connectivity index (χ2v) is 7.03. The fourth-order valence-electron chi connectivity index (χ4n) is 3.41. The molecule has 0 saturated carbocycles. The number of benzene rings is 2. The molecule has 0 atom stereocenters. The monoisotopic (exact) mass is 398 g/mol. The summed E-state index contributed by atoms with van der Waals surface area (Å²) in [6, 6.07) is 21.2. The van der Waals surface area contributed by atoms with Gasteiger partial charge in [-0.3, -0.25) is 14.6 Å². The molecule has 0 aliphatic rings. The first-order valence-corrected chi connectivity index (χ1v) is 9.93. The summed E-state index contributed by atoms with van der Waals surface area (Å²) in [7, 11) is 0. The molecule has 0 radical (unpaired) electrons. The van der Waals surface area contributed by atoms with Gasteiger partial charge in [-0.05, 0) is 36.2 Å². The van der Waals surface area contributed by atoms with Crippen molar-refractivity contribution in [1.29, 1.82) is 0 Å². The average Bonchev–Trinajstić information content (AvgIpc) is 2.78. The molecule has 2 aromatic heterocycles. The number of amides is 1. The molecule has 1 N–H and O–H groups in total. The average molecular weight is 398 g/mol. The van der Waals surface area contributed by atoms with Gasteiger partial charge in [0.05, 0.1) is 22.9 Å². The van der Waals surface area contributed by atoms with Crippen molar-refractivity contribution in [3.05, 3.63) is 101 Å². The lowest BCUT2D eigenvalue weighted by Gasteiger charge is -2.12. The smallest absolute Gasteiger partial charge is 0.272 e. The second-order valence-electron chi connectivity index (χ2n) is 7.03. The van der Waals surface area contributed by atoms with Crippen molar-refractivity contribution in [2.45, 2.75) is 25.8 Å². The minimum atomic E-state index is -0.173. The zero-order valence-electron chi connectivity index (χ0n) is 16.5. The van der Waals surface area contributed by atoms with Gasteiger partial charge in [-0.25, -0.2) is 4.98 Å². The first kappa shape index (κ1) is 19.5. The van der Waals surface area contributed by atoms with Gasteiger partial charge < -0.3 is 9.88 Å². The molecule has 0 aliphatic carbocycles. The normalized spacial score (nSPS) is 10.8. The number of aryl methyl sites for hydroxylation is 3. The largest absolute Gasteiger partial charge is 0.325 e. The number of carbonyl (C=O) groups is 1. The number of nitrogens with zero attached hydrogens (tertiary/aromatic N) is 3. The Balaban J connectivity index is 1.55. The van der Waals surface area contributed by atoms with Crippen LogP contribution in [0.2, 0.25) is 0 Å². The van der Waals surface area contributed by atoms with Crippen LogP contribution < -0.4 is 10.9 Å². The van der Waals surface area contributed by atoms with Gasteiger partial charge in [0.1, 0.15) is 5.69 Å². The molecule has 0 aliphatic heterocycles. The van der Waals surface area contributed by atoms with Gasteiger partial charge in [0, 0.05) is 25.6 Å². The third kappa shape index (κ3) is 4.60. The van der Waals surface area contributed by atoms with Crippen molar-refractivity contribution in [1.82, 2.24) is 14.5 Å². The molecule has 0 saturated heterocycles. The van der Waals surface area contributed by atoms with E-state index in [-0.39, 0.29) is 24.3 Å². The number of carbonyl (C=O) groups excluding carboxylic acids is 1. The number of aromatic nitrogens is 3. The SMILES string of the molecule is O=C(CCc1nc2ccccc2n(CCc2ccccc2)c1=O)Nc1cccnc1. The van der Waals surface area contributed by atoms with Crippen LogP contribution in [0.5, 0.6) is 0 Å². The number of pyridine rings is 1. The summed E-state index contributed by atoms with van der Waals surface area (Å²) in [5, 5.41) is 2.79. The van der Waals surface area contributed by atoms with Crippen LogP contribution >= 0.6 is 0 Å². The Morgan fingerprint density at radius 2 is 1.73 bits per heavy atom. The molecular weight excluding hydrogens is 376 g/mol. The van der Waals surface area contributed by atoms with Crippen LogP contribution in [-0.2, 0) is 24.2 Å². The summed E-state index contributed by atoms with van der Waals surface area (Å²) in [5.41, 5.74) is 3.63. The second kappa shape index (κ2) is 9.13. The summed E-state index contributed by atoms with van der Waals surface area (Å²) < 4.78 is 1.77. The van der Waals surface area contributed by atoms with E-state index in [4.69, 9.17) is 0 Å². The molecule has 30 heavy (non-hydrogen) atoms. The first-order chi connectivity index (χ1) is 14.7. The van der Waals surface area contributed by atoms with Gasteiger partial charge >= 0.3 is 0 Å². The molecule has 0 unspecified atom stereocenters. The molecular formula is C24H22N4O2. The number of anilines is 1. The van der Waals surface area contributed by atoms with Crippen LogP contribution in [0.4, 0.5) is 5.69 Å². The van der Waals surface area contributed by atoms with Crippen molar-refractivity contribution in [3.63, 3.8) is 0 Å². The predicted octanol–water partition coefficient (Wildman–Crippen LogP) is 3.61. The van der Waals surface area contributed by atoms with Crippen molar-refractivity contribution in [2.24, 2.45) is 0 Å². The zero-order valence-corrected chi connectivity index (χ0v) is 16.5. The van der Waals surface area contributed by atoms with Gasteiger partial charge in [-0.1, -0.05) is 42.5 Å². The van der Waals surface area contributed by atoms with E-state index in [2.05, 4.69) is 27.4 Å². The topological polar surface area (TPSA) is 76.9 Å². The standard InChI is InChI=1S/C24H22N4O2/c29-23(26-19-9-6-15-25-17-19)13-12-21-24(30)28(16-14-18-7-2-1-3-8-18)22-11-5-4-10-20(22)27-21/h1-11,15,17H,12-14,16H2,(H,26,29). The summed E-state index contributed by atoms with van der Waals surface area (Å²) in [5.74, 6) is -0.173. The lowest BCUT2D eigenvalue weighted by atomic mass is 10.1. The van der Waals surface area contributed by atoms with Gasteiger partial charge in [0.25, 0.3) is 5.56 Å². The minimum Gasteiger partial charge on any atom is -0.325 e. The van der Waals surface area contributed by atoms with Crippen molar-refractivity contribution < 1.29 is 4.79 Å². The van der Waals surface area contributed by atoms with E-state index < -0.39 is 0 Å². The van der Waals surface area contributed by atoms with Crippen LogP contribution in [0, 0.1) is 0 Å². The highest BCUT2D eigenvalue weighted by Crippen LogP contribution is 2.12. The van der Waals surface area contributed by atoms with Crippen LogP contribution in [0.1, 0.15) is 17.7 Å². The Bertz CT molecular complexity index is 1200. The van der Waals surface area contributed by atoms with E-state index in [1.807, 2.05) is 42.5 Å². The third-order valence-corrected chi connectivity index (χ3v) is 4.92. The van der Waals surface area contributed by atoms with E-state index in [9.17, 15) is 9.59 Å². The Morgan fingerprint density at radius 1 is 0.933 bits per heavy atom. The van der Waals surface area contributed by atoms with E-state index in [1.165, 1.54) is 5.56 Å². The summed E-state index contributed by atoms with van der Waals surface area (Å²) in [4.78, 5) is 33.9. The Hall–Kier alpha value is -3.80. The van der Waals surface area contributed by atoms with Crippen molar-refractivity contribution >= 4 is 22.6 Å². The molecule has 0 bridgehead atoms. The maximum Gasteiger partial charge on any atom is 0.272 e. The van der Waals surface area contributed by atoms with Crippen LogP contribution in [0.15, 0.2) is 83.9 Å². The van der Waals surface area contributed by atoms with E-state index >= 15 is 0 Å². The van der Waals surface area contributed by atoms with Crippen LogP contribution in [-0.4, -0.2) is 20.4 Å². The number of fused-ring (bicyclic) bond motifs is 1. The van der Waals surface area contributed by atoms with Gasteiger partial charge in [0.2, 0.25) is 5.91 Å². The molecule has 6 heteroatoms. The maximum absolute atomic E-state index is 13.1. The lowest BCUT2D eigenvalue weighted by Crippen LogP contribution is -2.27. The molecule has 2 heterocycles. The number of hydrogen-bond donors (Lipinski definition) is 1. The quantitative estimate of drug-likeness (QED) is 0.516. The maximum atomic E-state index is 13.1. The Morgan fingerprint density at radius 3 is 2.53 bits per heavy atom. The number of para-hydroxylation sites is 2. The summed E-state index contributed by atoms with van der Waals surface area (Å²) in [6.45, 7) is 0.556. The number of nitrogens with one attached hydrogen (secondary N) is 1. The molecule has 1 amide bonds. The highest BCUT2D eigenvalue weighted by atomic mass is 16.1. The van der Waals surface area contributed by atoms with Gasteiger partial charge in [0.15, 0.2) is 0 Å². The van der Waals surface area contributed by atoms with Gasteiger partial charge in [-0.15, -0.1) is 0 Å². The summed E-state index contributed by atoms with van der Waals surface area (Å²) in [6.07, 6.45) is 4.43. The molecule has 6 nitrogen and oxygen atoms in total. The fraction of sp³-hybridized carbons (Fsp3) is 0.167. The molecule has 4 aromatic rings. The first-order valence-electron chi connectivity index (χ1n) is 9.93. The lowest BCUT2D eigenvalue weighted by molar-refractivity contribution is -0.116. The summed E-state index contributed by atoms with van der Waals surface area (Å²) >= 11 is 0. The third-order valence-electron chi connectivity index (χ3n) is 4.92. The van der Waals surface area contributed by atoms with E-state index in [0.29, 0.717) is 17.9 Å². The molecule has 0 spiro atoms. The Kier molecular flexibility index (Phi) is 5.94. The zero-order chi connectivity index (χ0) is 20.8. The highest BCUT2D eigenvalue weighted by Gasteiger charge is 2.13. The molecule has 150 valence electrons. The van der Waals surface area contributed by atoms with Crippen molar-refractivity contribution in [2.75, 3.05) is 5.32 Å². The number of rotatable bonds is 7. The van der Waals surface area contributed by atoms with E-state index in [1.54, 1.807) is 29.1 Å². The highest BCUT2D eigenvalue weighted by molar-refractivity contribution is 5.90. The minimum absolute atomic E-state index is 0.140. The molecule has 0 fully saturated rings. The Labute approximate surface area is 174 Å². The fourth-order valence-corrected chi connectivity index (χ4v) is 3.41.